The van der Waals surface area contributed by atoms with Crippen LogP contribution in [0.3, 0.4) is 0 Å². The predicted octanol–water partition coefficient (Wildman–Crippen LogP) is 0.763. The highest BCUT2D eigenvalue weighted by Crippen LogP contribution is 2.11. The van der Waals surface area contributed by atoms with Crippen molar-refractivity contribution in [2.75, 3.05) is 32.6 Å². The number of ether oxygens (including phenoxy) is 2. The number of nitrogens with two attached hydrogens (primary N) is 1. The second-order valence-corrected chi connectivity index (χ2v) is 6.16. The first-order chi connectivity index (χ1) is 8.80. The monoisotopic (exact) mass is 268 g/mol. The lowest BCUT2D eigenvalue weighted by molar-refractivity contribution is -0.0440. The van der Waals surface area contributed by atoms with Crippen LogP contribution in [0.25, 0.3) is 0 Å². The van der Waals surface area contributed by atoms with Gasteiger partial charge >= 0.3 is 0 Å². The van der Waals surface area contributed by atoms with Crippen molar-refractivity contribution in [1.82, 2.24) is 0 Å². The van der Waals surface area contributed by atoms with Crippen LogP contribution < -0.4 is 11.1 Å². The summed E-state index contributed by atoms with van der Waals surface area (Å²) in [6.07, 6.45) is 1.10. The number of rotatable bonds is 9. The molecule has 0 bridgehead atoms. The van der Waals surface area contributed by atoms with Crippen LogP contribution in [-0.4, -0.2) is 42.7 Å². The molecular weight excluding hydrogens is 244 g/mol. The van der Waals surface area contributed by atoms with Gasteiger partial charge in [0.15, 0.2) is 0 Å². The first-order valence-electron chi connectivity index (χ1n) is 6.38. The molecular formula is C13H24N2O2Si. The number of anilines is 1. The molecule has 102 valence electrons. The van der Waals surface area contributed by atoms with Crippen LogP contribution in [0.1, 0.15) is 5.56 Å². The molecule has 4 nitrogen and oxygen atoms in total. The molecule has 18 heavy (non-hydrogen) atoms. The molecule has 0 aliphatic heterocycles. The van der Waals surface area contributed by atoms with E-state index >= 15 is 0 Å². The molecule has 5 heteroatoms. The van der Waals surface area contributed by atoms with Gasteiger partial charge in [-0.05, 0) is 24.1 Å². The van der Waals surface area contributed by atoms with Crippen molar-refractivity contribution < 1.29 is 9.47 Å². The second kappa shape index (κ2) is 9.10. The fraction of sp³-hybridized carbons (Fsp3) is 0.538. The van der Waals surface area contributed by atoms with Crippen LogP contribution in [0.5, 0.6) is 0 Å². The van der Waals surface area contributed by atoms with Gasteiger partial charge in [0.25, 0.3) is 0 Å². The minimum absolute atomic E-state index is 0.0514. The summed E-state index contributed by atoms with van der Waals surface area (Å²) >= 11 is 0. The van der Waals surface area contributed by atoms with Crippen LogP contribution in [0.15, 0.2) is 24.3 Å². The van der Waals surface area contributed by atoms with E-state index in [-0.39, 0.29) is 15.4 Å². The van der Waals surface area contributed by atoms with Gasteiger partial charge in [0.1, 0.15) is 5.91 Å². The summed E-state index contributed by atoms with van der Waals surface area (Å²) in [4.78, 5) is 0. The standard InChI is InChI=1S/C13H24N2O2Si/c1-16-13(17-2)18-10-7-11-3-5-12(6-4-11)15-9-8-14/h3-6,13,15H,7-10,14,18H2,1-2H3. The molecule has 0 fully saturated rings. The highest BCUT2D eigenvalue weighted by atomic mass is 28.2. The van der Waals surface area contributed by atoms with Crippen LogP contribution in [-0.2, 0) is 15.9 Å². The van der Waals surface area contributed by atoms with Gasteiger partial charge in [0, 0.05) is 33.0 Å². The van der Waals surface area contributed by atoms with Gasteiger partial charge in [0.05, 0.1) is 9.52 Å². The zero-order valence-corrected chi connectivity index (χ0v) is 12.7. The molecule has 0 saturated heterocycles. The Labute approximate surface area is 112 Å². The zero-order chi connectivity index (χ0) is 13.2. The maximum Gasteiger partial charge on any atom is 0.134 e. The molecule has 0 spiro atoms. The lowest BCUT2D eigenvalue weighted by Gasteiger charge is -2.12. The number of hydrogen-bond donors (Lipinski definition) is 2. The number of aryl methyl sites for hydroxylation is 1. The third-order valence-corrected chi connectivity index (χ3v) is 4.76. The molecule has 0 heterocycles. The number of benzene rings is 1. The topological polar surface area (TPSA) is 56.5 Å². The molecule has 1 aromatic rings. The second-order valence-electron chi connectivity index (χ2n) is 4.21. The molecule has 1 rings (SSSR count). The van der Waals surface area contributed by atoms with Gasteiger partial charge in [-0.2, -0.15) is 0 Å². The summed E-state index contributed by atoms with van der Waals surface area (Å²) in [6.45, 7) is 1.47. The van der Waals surface area contributed by atoms with E-state index in [9.17, 15) is 0 Å². The van der Waals surface area contributed by atoms with Gasteiger partial charge < -0.3 is 20.5 Å². The minimum atomic E-state index is -0.318. The molecule has 0 saturated carbocycles. The Hall–Kier alpha value is -0.883. The molecule has 0 amide bonds. The summed E-state index contributed by atoms with van der Waals surface area (Å²) in [6, 6.07) is 9.75. The van der Waals surface area contributed by atoms with Crippen molar-refractivity contribution in [3.8, 4) is 0 Å². The van der Waals surface area contributed by atoms with Crippen molar-refractivity contribution in [2.24, 2.45) is 5.73 Å². The SMILES string of the molecule is COC(OC)[SiH2]CCc1ccc(NCCN)cc1. The van der Waals surface area contributed by atoms with Crippen LogP contribution in [0.2, 0.25) is 6.04 Å². The average molecular weight is 268 g/mol. The Kier molecular flexibility index (Phi) is 7.67. The number of methoxy groups -OCH3 is 2. The van der Waals surface area contributed by atoms with Crippen molar-refractivity contribution in [3.05, 3.63) is 29.8 Å². The van der Waals surface area contributed by atoms with Crippen molar-refractivity contribution >= 4 is 15.2 Å². The fourth-order valence-electron chi connectivity index (χ4n) is 1.81. The summed E-state index contributed by atoms with van der Waals surface area (Å²) < 4.78 is 10.4. The molecule has 0 atom stereocenters. The van der Waals surface area contributed by atoms with E-state index < -0.39 is 0 Å². The Morgan fingerprint density at radius 1 is 1.22 bits per heavy atom. The molecule has 0 radical (unpaired) electrons. The maximum atomic E-state index is 5.45. The first kappa shape index (κ1) is 15.2. The van der Waals surface area contributed by atoms with Crippen LogP contribution in [0.4, 0.5) is 5.69 Å². The van der Waals surface area contributed by atoms with E-state index in [1.165, 1.54) is 11.6 Å². The summed E-state index contributed by atoms with van der Waals surface area (Å²) in [5, 5.41) is 3.26. The summed E-state index contributed by atoms with van der Waals surface area (Å²) in [5.41, 5.74) is 7.94. The lowest BCUT2D eigenvalue weighted by atomic mass is 10.1. The van der Waals surface area contributed by atoms with Crippen molar-refractivity contribution in [3.63, 3.8) is 0 Å². The first-order valence-corrected chi connectivity index (χ1v) is 8.20. The van der Waals surface area contributed by atoms with Gasteiger partial charge in [0.2, 0.25) is 0 Å². The van der Waals surface area contributed by atoms with E-state index in [4.69, 9.17) is 15.2 Å². The number of nitrogens with one attached hydrogen (secondary N) is 1. The molecule has 0 unspecified atom stereocenters. The fourth-order valence-corrected chi connectivity index (χ4v) is 3.23. The summed E-state index contributed by atoms with van der Waals surface area (Å²) in [5.74, 6) is 0.0514. The van der Waals surface area contributed by atoms with E-state index in [0.29, 0.717) is 6.54 Å². The van der Waals surface area contributed by atoms with Crippen LogP contribution >= 0.6 is 0 Å². The van der Waals surface area contributed by atoms with Gasteiger partial charge in [-0.1, -0.05) is 18.2 Å². The van der Waals surface area contributed by atoms with Gasteiger partial charge in [-0.3, -0.25) is 0 Å². The van der Waals surface area contributed by atoms with Gasteiger partial charge in [-0.15, -0.1) is 0 Å². The lowest BCUT2D eigenvalue weighted by Crippen LogP contribution is -2.21. The minimum Gasteiger partial charge on any atom is -0.384 e. The molecule has 3 N–H and O–H groups in total. The predicted molar refractivity (Wildman–Crippen MR) is 78.8 cm³/mol. The molecule has 0 aromatic heterocycles. The van der Waals surface area contributed by atoms with E-state index in [2.05, 4.69) is 29.6 Å². The highest BCUT2D eigenvalue weighted by Gasteiger charge is 2.05. The largest absolute Gasteiger partial charge is 0.384 e. The Morgan fingerprint density at radius 2 is 1.89 bits per heavy atom. The third-order valence-electron chi connectivity index (χ3n) is 2.86. The molecule has 1 aromatic carbocycles. The summed E-state index contributed by atoms with van der Waals surface area (Å²) in [7, 11) is 3.10. The quantitative estimate of drug-likeness (QED) is 0.513. The molecule has 0 aliphatic rings. The van der Waals surface area contributed by atoms with E-state index in [1.54, 1.807) is 14.2 Å². The third kappa shape index (κ3) is 5.64. The average Bonchev–Trinajstić information content (AvgIpc) is 2.42. The van der Waals surface area contributed by atoms with Crippen molar-refractivity contribution in [1.29, 1.82) is 0 Å². The van der Waals surface area contributed by atoms with Gasteiger partial charge in [-0.25, -0.2) is 0 Å². The number of hydrogen-bond acceptors (Lipinski definition) is 4. The normalized spacial score (nSPS) is 11.6. The Balaban J connectivity index is 2.30. The van der Waals surface area contributed by atoms with E-state index in [0.717, 1.165) is 18.7 Å². The highest BCUT2D eigenvalue weighted by molar-refractivity contribution is 6.36. The maximum absolute atomic E-state index is 5.45. The Bertz CT molecular complexity index is 315. The van der Waals surface area contributed by atoms with E-state index in [1.807, 2.05) is 0 Å². The Morgan fingerprint density at radius 3 is 2.44 bits per heavy atom. The van der Waals surface area contributed by atoms with Crippen LogP contribution in [0, 0.1) is 0 Å². The molecule has 0 aliphatic carbocycles. The van der Waals surface area contributed by atoms with Crippen molar-refractivity contribution in [2.45, 2.75) is 18.4 Å². The smallest absolute Gasteiger partial charge is 0.134 e. The zero-order valence-electron chi connectivity index (χ0n) is 11.3.